The molecule has 0 atom stereocenters. The molecule has 0 aliphatic carbocycles. The molecule has 0 radical (unpaired) electrons. The van der Waals surface area contributed by atoms with Crippen molar-refractivity contribution in [2.24, 2.45) is 0 Å². The van der Waals surface area contributed by atoms with Crippen LogP contribution >= 0.6 is 11.3 Å². The summed E-state index contributed by atoms with van der Waals surface area (Å²) in [6.07, 6.45) is 5.21. The lowest BCUT2D eigenvalue weighted by molar-refractivity contribution is 1.11. The molecule has 0 aliphatic heterocycles. The highest BCUT2D eigenvalue weighted by Gasteiger charge is 1.84. The molecule has 2 aromatic rings. The van der Waals surface area contributed by atoms with Crippen molar-refractivity contribution in [1.82, 2.24) is 9.55 Å². The van der Waals surface area contributed by atoms with Gasteiger partial charge in [0.15, 0.2) is 0 Å². The first kappa shape index (κ1) is 7.14. The van der Waals surface area contributed by atoms with Crippen molar-refractivity contribution in [1.29, 1.82) is 0 Å². The molecule has 3 heteroatoms. The van der Waals surface area contributed by atoms with E-state index in [2.05, 4.69) is 16.9 Å². The van der Waals surface area contributed by atoms with Crippen LogP contribution in [0.4, 0.5) is 0 Å². The zero-order valence-electron chi connectivity index (χ0n) is 6.27. The van der Waals surface area contributed by atoms with E-state index in [1.165, 1.54) is 0 Å². The number of aromatic nitrogens is 2. The van der Waals surface area contributed by atoms with Gasteiger partial charge in [-0.3, -0.25) is 4.57 Å². The van der Waals surface area contributed by atoms with Gasteiger partial charge in [0, 0.05) is 18.4 Å². The van der Waals surface area contributed by atoms with E-state index in [4.69, 9.17) is 0 Å². The fourth-order valence-corrected chi connectivity index (χ4v) is 1.36. The summed E-state index contributed by atoms with van der Waals surface area (Å²) >= 11 is 1.64. The van der Waals surface area contributed by atoms with Gasteiger partial charge in [0.05, 0.1) is 4.88 Å². The van der Waals surface area contributed by atoms with E-state index in [-0.39, 0.29) is 0 Å². The van der Waals surface area contributed by atoms with Gasteiger partial charge in [0.2, 0.25) is 0 Å². The maximum atomic E-state index is 3.89. The number of hydrogen-bond donors (Lipinski definition) is 0. The summed E-state index contributed by atoms with van der Waals surface area (Å²) in [5.74, 6) is 3.02. The first-order valence-electron chi connectivity index (χ1n) is 3.48. The highest BCUT2D eigenvalue weighted by Crippen LogP contribution is 2.05. The van der Waals surface area contributed by atoms with Gasteiger partial charge >= 0.3 is 0 Å². The second kappa shape index (κ2) is 3.24. The van der Waals surface area contributed by atoms with Crippen molar-refractivity contribution >= 4 is 11.3 Å². The van der Waals surface area contributed by atoms with Gasteiger partial charge in [-0.25, -0.2) is 4.98 Å². The number of imidazole rings is 1. The molecule has 2 rings (SSSR count). The highest BCUT2D eigenvalue weighted by atomic mass is 32.1. The molecule has 0 aliphatic rings. The van der Waals surface area contributed by atoms with Crippen LogP contribution in [0.3, 0.4) is 0 Å². The Morgan fingerprint density at radius 2 is 2.50 bits per heavy atom. The van der Waals surface area contributed by atoms with E-state index in [9.17, 15) is 0 Å². The zero-order valence-corrected chi connectivity index (χ0v) is 7.08. The summed E-state index contributed by atoms with van der Waals surface area (Å²) < 4.78 is 1.74. The first-order valence-corrected chi connectivity index (χ1v) is 4.36. The predicted octanol–water partition coefficient (Wildman–Crippen LogP) is 1.80. The maximum Gasteiger partial charge on any atom is 0.106 e. The molecule has 0 unspecified atom stereocenters. The largest absolute Gasteiger partial charge is 0.265 e. The summed E-state index contributed by atoms with van der Waals surface area (Å²) in [7, 11) is 0. The van der Waals surface area contributed by atoms with Crippen molar-refractivity contribution in [2.45, 2.75) is 0 Å². The normalized spacial score (nSPS) is 9.00. The fourth-order valence-electron chi connectivity index (χ4n) is 0.795. The van der Waals surface area contributed by atoms with Crippen LogP contribution in [0.5, 0.6) is 0 Å². The first-order chi connectivity index (χ1) is 5.95. The van der Waals surface area contributed by atoms with Gasteiger partial charge in [-0.15, -0.1) is 11.3 Å². The third-order valence-electron chi connectivity index (χ3n) is 1.33. The Balaban J connectivity index is 2.22. The molecule has 2 heterocycles. The number of nitrogens with zero attached hydrogens (tertiary/aromatic N) is 2. The molecule has 2 nitrogen and oxygen atoms in total. The SMILES string of the molecule is C(#Cn1ccnc1)c1cccs1. The minimum Gasteiger partial charge on any atom is -0.265 e. The van der Waals surface area contributed by atoms with Gasteiger partial charge in [-0.1, -0.05) is 6.07 Å². The van der Waals surface area contributed by atoms with Gasteiger partial charge < -0.3 is 0 Å². The molecule has 0 saturated carbocycles. The Morgan fingerprint density at radius 1 is 1.50 bits per heavy atom. The van der Waals surface area contributed by atoms with Crippen molar-refractivity contribution in [3.05, 3.63) is 41.1 Å². The van der Waals surface area contributed by atoms with Gasteiger partial charge in [0.1, 0.15) is 6.33 Å². The summed E-state index contributed by atoms with van der Waals surface area (Å²) in [5, 5.41) is 2.01. The summed E-state index contributed by atoms with van der Waals surface area (Å²) in [4.78, 5) is 4.96. The number of hydrogen-bond acceptors (Lipinski definition) is 2. The van der Waals surface area contributed by atoms with Crippen molar-refractivity contribution in [3.8, 4) is 12.0 Å². The van der Waals surface area contributed by atoms with Crippen molar-refractivity contribution in [2.75, 3.05) is 0 Å². The topological polar surface area (TPSA) is 17.8 Å². The molecule has 0 bridgehead atoms. The van der Waals surface area contributed by atoms with Crippen molar-refractivity contribution < 1.29 is 0 Å². The van der Waals surface area contributed by atoms with E-state index in [1.807, 2.05) is 23.7 Å². The van der Waals surface area contributed by atoms with E-state index in [0.29, 0.717) is 0 Å². The third-order valence-corrected chi connectivity index (χ3v) is 2.12. The Labute approximate surface area is 74.5 Å². The van der Waals surface area contributed by atoms with Gasteiger partial charge in [0.25, 0.3) is 0 Å². The van der Waals surface area contributed by atoms with Crippen LogP contribution in [0.25, 0.3) is 0 Å². The minimum absolute atomic E-state index is 1.07. The van der Waals surface area contributed by atoms with Crippen molar-refractivity contribution in [3.63, 3.8) is 0 Å². The predicted molar refractivity (Wildman–Crippen MR) is 48.8 cm³/mol. The molecule has 2 aromatic heterocycles. The Kier molecular flexibility index (Phi) is 1.93. The third kappa shape index (κ3) is 1.55. The Morgan fingerprint density at radius 3 is 3.17 bits per heavy atom. The standard InChI is InChI=1S/C9H6N2S/c1-2-9(12-7-1)3-5-11-6-4-10-8-11/h1-2,4,6-8H. The average Bonchev–Trinajstić information content (AvgIpc) is 2.74. The lowest BCUT2D eigenvalue weighted by atomic mass is 10.5. The molecule has 58 valence electrons. The van der Waals surface area contributed by atoms with Crippen LogP contribution in [0.1, 0.15) is 4.88 Å². The summed E-state index contributed by atoms with van der Waals surface area (Å²) in [6, 6.07) is 6.92. The van der Waals surface area contributed by atoms with E-state index < -0.39 is 0 Å². The molecular weight excluding hydrogens is 168 g/mol. The molecule has 0 fully saturated rings. The summed E-state index contributed by atoms with van der Waals surface area (Å²) in [5.41, 5.74) is 0. The number of thiophene rings is 1. The average molecular weight is 174 g/mol. The van der Waals surface area contributed by atoms with Crippen LogP contribution in [0, 0.1) is 12.0 Å². The molecule has 0 saturated heterocycles. The molecule has 0 N–H and O–H groups in total. The summed E-state index contributed by atoms with van der Waals surface area (Å²) in [6.45, 7) is 0. The Bertz CT molecular complexity index is 351. The van der Waals surface area contributed by atoms with Crippen LogP contribution in [0.2, 0.25) is 0 Å². The fraction of sp³-hybridized carbons (Fsp3) is 0. The molecule has 0 aromatic carbocycles. The van der Waals surface area contributed by atoms with Crippen LogP contribution in [-0.4, -0.2) is 9.55 Å². The minimum atomic E-state index is 1.07. The highest BCUT2D eigenvalue weighted by molar-refractivity contribution is 7.10. The maximum absolute atomic E-state index is 3.89. The molecule has 0 spiro atoms. The van der Waals surface area contributed by atoms with Crippen LogP contribution in [0.15, 0.2) is 36.2 Å². The molecule has 0 amide bonds. The monoisotopic (exact) mass is 174 g/mol. The lowest BCUT2D eigenvalue weighted by Gasteiger charge is -1.81. The Hall–Kier alpha value is -1.53. The lowest BCUT2D eigenvalue weighted by Crippen LogP contribution is -1.80. The zero-order chi connectivity index (χ0) is 8.23. The van der Waals surface area contributed by atoms with Gasteiger partial charge in [-0.05, 0) is 17.4 Å². The quantitative estimate of drug-likeness (QED) is 0.557. The van der Waals surface area contributed by atoms with Gasteiger partial charge in [-0.2, -0.15) is 0 Å². The molecular formula is C9H6N2S. The molecule has 12 heavy (non-hydrogen) atoms. The number of rotatable bonds is 0. The van der Waals surface area contributed by atoms with Crippen LogP contribution < -0.4 is 0 Å². The van der Waals surface area contributed by atoms with Crippen LogP contribution in [-0.2, 0) is 0 Å². The second-order valence-electron chi connectivity index (χ2n) is 2.18. The van der Waals surface area contributed by atoms with E-state index in [1.54, 1.807) is 28.4 Å². The van der Waals surface area contributed by atoms with E-state index in [0.717, 1.165) is 4.88 Å². The smallest absolute Gasteiger partial charge is 0.106 e. The van der Waals surface area contributed by atoms with E-state index >= 15 is 0 Å². The second-order valence-corrected chi connectivity index (χ2v) is 3.13.